The zero-order valence-corrected chi connectivity index (χ0v) is 19.1. The third kappa shape index (κ3) is 5.69. The number of methoxy groups -OCH3 is 1. The molecule has 1 N–H and O–H groups in total. The Morgan fingerprint density at radius 3 is 2.56 bits per heavy atom. The number of hydrogen-bond acceptors (Lipinski definition) is 6. The fraction of sp³-hybridized carbons (Fsp3) is 0.375. The highest BCUT2D eigenvalue weighted by atomic mass is 32.2. The van der Waals surface area contributed by atoms with E-state index in [0.717, 1.165) is 24.5 Å². The summed E-state index contributed by atoms with van der Waals surface area (Å²) in [6, 6.07) is 18.2. The minimum atomic E-state index is -0.00636. The molecule has 1 aromatic heterocycles. The normalized spacial score (nSPS) is 15.3. The molecule has 1 unspecified atom stereocenters. The van der Waals surface area contributed by atoms with Crippen molar-refractivity contribution in [1.82, 2.24) is 25.0 Å². The summed E-state index contributed by atoms with van der Waals surface area (Å²) in [6.07, 6.45) is 5.35. The Balaban J connectivity index is 1.37. The maximum Gasteiger partial charge on any atom is 0.230 e. The van der Waals surface area contributed by atoms with Gasteiger partial charge in [-0.3, -0.25) is 14.3 Å². The van der Waals surface area contributed by atoms with Crippen LogP contribution in [0.4, 0.5) is 0 Å². The summed E-state index contributed by atoms with van der Waals surface area (Å²) < 4.78 is 7.20. The van der Waals surface area contributed by atoms with E-state index >= 15 is 0 Å². The van der Waals surface area contributed by atoms with Gasteiger partial charge in [0.1, 0.15) is 12.1 Å². The van der Waals surface area contributed by atoms with Gasteiger partial charge in [-0.25, -0.2) is 0 Å². The van der Waals surface area contributed by atoms with Gasteiger partial charge in [0.2, 0.25) is 5.91 Å². The van der Waals surface area contributed by atoms with Crippen molar-refractivity contribution in [2.24, 2.45) is 0 Å². The molecule has 1 atom stereocenters. The molecule has 1 aliphatic heterocycles. The molecule has 2 heterocycles. The monoisotopic (exact) mass is 451 g/mol. The molecule has 1 amide bonds. The zero-order valence-electron chi connectivity index (χ0n) is 18.3. The number of nitrogens with one attached hydrogen (secondary N) is 1. The van der Waals surface area contributed by atoms with Crippen LogP contribution in [0.5, 0.6) is 5.75 Å². The molecule has 7 nitrogen and oxygen atoms in total. The van der Waals surface area contributed by atoms with Crippen molar-refractivity contribution in [2.45, 2.75) is 30.5 Å². The second kappa shape index (κ2) is 11.2. The Morgan fingerprint density at radius 1 is 1.09 bits per heavy atom. The predicted molar refractivity (Wildman–Crippen MR) is 126 cm³/mol. The van der Waals surface area contributed by atoms with Gasteiger partial charge in [0.25, 0.3) is 0 Å². The van der Waals surface area contributed by atoms with Crippen molar-refractivity contribution in [2.75, 3.05) is 32.5 Å². The molecule has 3 aromatic rings. The first-order valence-electron chi connectivity index (χ1n) is 11.0. The van der Waals surface area contributed by atoms with Crippen LogP contribution in [-0.4, -0.2) is 58.1 Å². The van der Waals surface area contributed by atoms with Crippen molar-refractivity contribution in [3.8, 4) is 11.4 Å². The number of nitrogens with zero attached hydrogens (tertiary/aromatic N) is 4. The first-order valence-corrected chi connectivity index (χ1v) is 12.0. The van der Waals surface area contributed by atoms with E-state index in [2.05, 4.69) is 32.5 Å². The number of benzene rings is 2. The SMILES string of the molecule is COc1ccc(C(CNC(=O)CSc2nncn2-c2ccccc2)N2CCCCC2)cc1. The Morgan fingerprint density at radius 2 is 1.84 bits per heavy atom. The summed E-state index contributed by atoms with van der Waals surface area (Å²) in [7, 11) is 1.67. The fourth-order valence-corrected chi connectivity index (χ4v) is 4.75. The Hall–Kier alpha value is -2.84. The third-order valence-corrected chi connectivity index (χ3v) is 6.65. The van der Waals surface area contributed by atoms with E-state index in [4.69, 9.17) is 4.74 Å². The second-order valence-electron chi connectivity index (χ2n) is 7.80. The highest BCUT2D eigenvalue weighted by molar-refractivity contribution is 7.99. The molecule has 4 rings (SSSR count). The van der Waals surface area contributed by atoms with E-state index < -0.39 is 0 Å². The van der Waals surface area contributed by atoms with Gasteiger partial charge in [-0.1, -0.05) is 48.5 Å². The molecular formula is C24H29N5O2S. The van der Waals surface area contributed by atoms with Gasteiger partial charge in [-0.05, 0) is 55.8 Å². The number of amides is 1. The van der Waals surface area contributed by atoms with Crippen LogP contribution < -0.4 is 10.1 Å². The number of likely N-dealkylation sites (tertiary alicyclic amines) is 1. The molecule has 1 saturated heterocycles. The first-order chi connectivity index (χ1) is 15.7. The minimum absolute atomic E-state index is 0.00636. The average Bonchev–Trinajstić information content (AvgIpc) is 3.33. The van der Waals surface area contributed by atoms with Gasteiger partial charge in [0.15, 0.2) is 5.16 Å². The predicted octanol–water partition coefficient (Wildman–Crippen LogP) is 3.71. The Bertz CT molecular complexity index is 987. The molecule has 0 bridgehead atoms. The first kappa shape index (κ1) is 22.4. The zero-order chi connectivity index (χ0) is 22.2. The number of hydrogen-bond donors (Lipinski definition) is 1. The molecule has 168 valence electrons. The quantitative estimate of drug-likeness (QED) is 0.500. The van der Waals surface area contributed by atoms with E-state index in [1.807, 2.05) is 47.0 Å². The summed E-state index contributed by atoms with van der Waals surface area (Å²) in [5.41, 5.74) is 2.18. The van der Waals surface area contributed by atoms with Crippen LogP contribution in [0.2, 0.25) is 0 Å². The van der Waals surface area contributed by atoms with E-state index in [9.17, 15) is 4.79 Å². The number of carbonyl (C=O) groups is 1. The summed E-state index contributed by atoms with van der Waals surface area (Å²) in [5, 5.41) is 12.0. The largest absolute Gasteiger partial charge is 0.497 e. The minimum Gasteiger partial charge on any atom is -0.497 e. The number of ether oxygens (including phenoxy) is 1. The van der Waals surface area contributed by atoms with Crippen LogP contribution in [-0.2, 0) is 4.79 Å². The molecular weight excluding hydrogens is 422 g/mol. The second-order valence-corrected chi connectivity index (χ2v) is 8.74. The number of aromatic nitrogens is 3. The van der Waals surface area contributed by atoms with Crippen molar-refractivity contribution >= 4 is 17.7 Å². The molecule has 0 saturated carbocycles. The van der Waals surface area contributed by atoms with Crippen LogP contribution in [0, 0.1) is 0 Å². The maximum atomic E-state index is 12.7. The Kier molecular flexibility index (Phi) is 7.79. The van der Waals surface area contributed by atoms with Gasteiger partial charge in [0.05, 0.1) is 18.9 Å². The van der Waals surface area contributed by atoms with Crippen LogP contribution >= 0.6 is 11.8 Å². The summed E-state index contributed by atoms with van der Waals surface area (Å²) in [5.74, 6) is 1.13. The van der Waals surface area contributed by atoms with Crippen molar-refractivity contribution in [3.63, 3.8) is 0 Å². The highest BCUT2D eigenvalue weighted by Crippen LogP contribution is 2.26. The van der Waals surface area contributed by atoms with Crippen LogP contribution in [0.15, 0.2) is 66.1 Å². The molecule has 0 spiro atoms. The molecule has 1 aliphatic rings. The van der Waals surface area contributed by atoms with E-state index in [1.54, 1.807) is 13.4 Å². The maximum absolute atomic E-state index is 12.7. The lowest BCUT2D eigenvalue weighted by Gasteiger charge is -2.35. The van der Waals surface area contributed by atoms with Gasteiger partial charge in [0, 0.05) is 12.2 Å². The van der Waals surface area contributed by atoms with Crippen LogP contribution in [0.3, 0.4) is 0 Å². The van der Waals surface area contributed by atoms with Gasteiger partial charge >= 0.3 is 0 Å². The lowest BCUT2D eigenvalue weighted by molar-refractivity contribution is -0.118. The fourth-order valence-electron chi connectivity index (χ4n) is 3.99. The Labute approximate surface area is 193 Å². The molecule has 0 aliphatic carbocycles. The number of rotatable bonds is 9. The number of piperidine rings is 1. The lowest BCUT2D eigenvalue weighted by Crippen LogP contribution is -2.41. The molecule has 1 fully saturated rings. The van der Waals surface area contributed by atoms with Gasteiger partial charge in [-0.15, -0.1) is 10.2 Å². The highest BCUT2D eigenvalue weighted by Gasteiger charge is 2.23. The summed E-state index contributed by atoms with van der Waals surface area (Å²) >= 11 is 1.39. The van der Waals surface area contributed by atoms with Crippen LogP contribution in [0.1, 0.15) is 30.9 Å². The van der Waals surface area contributed by atoms with Crippen molar-refractivity contribution in [1.29, 1.82) is 0 Å². The number of thioether (sulfide) groups is 1. The van der Waals surface area contributed by atoms with Gasteiger partial charge < -0.3 is 10.1 Å². The van der Waals surface area contributed by atoms with Crippen molar-refractivity contribution in [3.05, 3.63) is 66.5 Å². The summed E-state index contributed by atoms with van der Waals surface area (Å²) in [6.45, 7) is 2.69. The van der Waals surface area contributed by atoms with Crippen LogP contribution in [0.25, 0.3) is 5.69 Å². The number of para-hydroxylation sites is 1. The molecule has 0 radical (unpaired) electrons. The molecule has 2 aromatic carbocycles. The summed E-state index contributed by atoms with van der Waals surface area (Å²) in [4.78, 5) is 15.2. The lowest BCUT2D eigenvalue weighted by atomic mass is 10.0. The van der Waals surface area contributed by atoms with E-state index in [1.165, 1.54) is 36.6 Å². The van der Waals surface area contributed by atoms with Crippen molar-refractivity contribution < 1.29 is 9.53 Å². The molecule has 8 heteroatoms. The van der Waals surface area contributed by atoms with Gasteiger partial charge in [-0.2, -0.15) is 0 Å². The topological polar surface area (TPSA) is 72.3 Å². The average molecular weight is 452 g/mol. The molecule has 32 heavy (non-hydrogen) atoms. The smallest absolute Gasteiger partial charge is 0.230 e. The standard InChI is InChI=1S/C24H29N5O2S/c1-31-21-12-10-19(11-13-21)22(28-14-6-3-7-15-28)16-25-23(30)17-32-24-27-26-18-29(24)20-8-4-2-5-9-20/h2,4-5,8-13,18,22H,3,6-7,14-17H2,1H3,(H,25,30). The third-order valence-electron chi connectivity index (χ3n) is 5.71. The number of carbonyl (C=O) groups excluding carboxylic acids is 1. The van der Waals surface area contributed by atoms with E-state index in [-0.39, 0.29) is 11.9 Å². The van der Waals surface area contributed by atoms with E-state index in [0.29, 0.717) is 17.5 Å².